The number of carbonyl (C=O) groups is 2. The number of rotatable bonds is 29. The molecule has 0 saturated carbocycles. The van der Waals surface area contributed by atoms with Gasteiger partial charge in [-0.3, -0.25) is 19.0 Å². The van der Waals surface area contributed by atoms with Crippen LogP contribution >= 0.6 is 7.82 Å². The average Bonchev–Trinajstić information content (AvgIpc) is 2.88. The summed E-state index contributed by atoms with van der Waals surface area (Å²) in [5.41, 5.74) is 5.60. The first-order valence-corrected chi connectivity index (χ1v) is 17.3. The van der Waals surface area contributed by atoms with Crippen molar-refractivity contribution in [1.29, 1.82) is 0 Å². The van der Waals surface area contributed by atoms with Gasteiger partial charge in [0.05, 0.1) is 0 Å². The minimum atomic E-state index is -4.68. The van der Waals surface area contributed by atoms with E-state index < -0.39 is 19.9 Å². The first kappa shape index (κ1) is 37.2. The minimum Gasteiger partial charge on any atom is -0.371 e. The molecule has 0 aliphatic carbocycles. The number of phosphoric acid groups is 1. The molecule has 0 amide bonds. The van der Waals surface area contributed by atoms with Crippen LogP contribution in [-0.4, -0.2) is 29.3 Å². The van der Waals surface area contributed by atoms with Gasteiger partial charge in [0.1, 0.15) is 6.10 Å². The molecule has 8 heteroatoms. The maximum atomic E-state index is 12.4. The third kappa shape index (κ3) is 24.3. The molecule has 0 heterocycles. The third-order valence-corrected chi connectivity index (χ3v) is 8.02. The zero-order valence-electron chi connectivity index (χ0n) is 24.8. The predicted octanol–water partition coefficient (Wildman–Crippen LogP) is 8.95. The Kier molecular flexibility index (Phi) is 25.9. The highest BCUT2D eigenvalue weighted by Crippen LogP contribution is 2.45. The van der Waals surface area contributed by atoms with E-state index in [-0.39, 0.29) is 25.2 Å². The fourth-order valence-corrected chi connectivity index (χ4v) is 5.56. The van der Waals surface area contributed by atoms with Gasteiger partial charge in [-0.1, -0.05) is 142 Å². The lowest BCUT2D eigenvalue weighted by atomic mass is 10.0. The standard InChI is InChI=1S/C30H60NO6P/c1-3-5-7-9-11-13-15-17-19-21-23-25-28(32)29(27-31)36-38(34,35)37-30(33)26-24-22-20-18-16-14-12-10-8-6-4-2/h29H,3-27,31H2,1-2H3,(H,34,35). The third-order valence-electron chi connectivity index (χ3n) is 7.06. The lowest BCUT2D eigenvalue weighted by Crippen LogP contribution is -2.32. The van der Waals surface area contributed by atoms with E-state index in [1.54, 1.807) is 0 Å². The molecule has 0 aromatic rings. The van der Waals surface area contributed by atoms with Gasteiger partial charge in [0, 0.05) is 19.4 Å². The number of Topliss-reactive ketones (excluding diaryl/α,β-unsaturated/α-hetero) is 1. The number of carbonyl (C=O) groups excluding carboxylic acids is 2. The van der Waals surface area contributed by atoms with Crippen molar-refractivity contribution in [2.24, 2.45) is 5.73 Å². The summed E-state index contributed by atoms with van der Waals surface area (Å²) in [4.78, 5) is 34.4. The first-order chi connectivity index (χ1) is 18.4. The molecule has 3 N–H and O–H groups in total. The summed E-state index contributed by atoms with van der Waals surface area (Å²) in [7, 11) is -4.68. The summed E-state index contributed by atoms with van der Waals surface area (Å²) in [5.74, 6) is -1.10. The molecule has 38 heavy (non-hydrogen) atoms. The molecule has 0 saturated heterocycles. The number of ketones is 1. The van der Waals surface area contributed by atoms with Gasteiger partial charge in [0.15, 0.2) is 5.78 Å². The van der Waals surface area contributed by atoms with Crippen LogP contribution in [0, 0.1) is 0 Å². The van der Waals surface area contributed by atoms with Gasteiger partial charge >= 0.3 is 13.8 Å². The number of hydrogen-bond donors (Lipinski definition) is 2. The molecule has 0 aliphatic rings. The molecule has 0 aromatic heterocycles. The van der Waals surface area contributed by atoms with E-state index in [0.29, 0.717) is 12.8 Å². The second kappa shape index (κ2) is 26.5. The van der Waals surface area contributed by atoms with E-state index in [0.717, 1.165) is 32.1 Å². The molecule has 0 radical (unpaired) electrons. The average molecular weight is 562 g/mol. The SMILES string of the molecule is CCCCCCCCCCCCCC(=O)OP(=O)(O)OC(CN)C(=O)CCCCCCCCCCCCC. The Hall–Kier alpha value is -0.750. The molecule has 0 aromatic carbocycles. The largest absolute Gasteiger partial charge is 0.530 e. The highest BCUT2D eigenvalue weighted by molar-refractivity contribution is 7.48. The van der Waals surface area contributed by atoms with Gasteiger partial charge in [-0.25, -0.2) is 4.57 Å². The normalized spacial score (nSPS) is 13.8. The molecule has 0 rings (SSSR count). The van der Waals surface area contributed by atoms with Gasteiger partial charge in [-0.2, -0.15) is 0 Å². The van der Waals surface area contributed by atoms with Crippen LogP contribution in [0.1, 0.15) is 168 Å². The van der Waals surface area contributed by atoms with E-state index >= 15 is 0 Å². The number of phosphoric ester groups is 1. The van der Waals surface area contributed by atoms with Crippen LogP contribution in [0.5, 0.6) is 0 Å². The Morgan fingerprint density at radius 2 is 0.974 bits per heavy atom. The summed E-state index contributed by atoms with van der Waals surface area (Å²) in [5, 5.41) is 0. The maximum Gasteiger partial charge on any atom is 0.530 e. The molecule has 2 unspecified atom stereocenters. The van der Waals surface area contributed by atoms with Gasteiger partial charge < -0.3 is 10.3 Å². The number of hydrogen-bond acceptors (Lipinski definition) is 6. The van der Waals surface area contributed by atoms with Crippen molar-refractivity contribution in [2.75, 3.05) is 6.54 Å². The van der Waals surface area contributed by atoms with Crippen LogP contribution in [0.4, 0.5) is 0 Å². The van der Waals surface area contributed by atoms with Crippen molar-refractivity contribution < 1.29 is 28.1 Å². The number of nitrogens with two attached hydrogens (primary N) is 1. The van der Waals surface area contributed by atoms with Crippen LogP contribution in [0.2, 0.25) is 0 Å². The molecule has 7 nitrogen and oxygen atoms in total. The highest BCUT2D eigenvalue weighted by atomic mass is 31.2. The van der Waals surface area contributed by atoms with E-state index in [2.05, 4.69) is 18.4 Å². The van der Waals surface area contributed by atoms with Crippen molar-refractivity contribution in [3.63, 3.8) is 0 Å². The molecule has 0 bridgehead atoms. The van der Waals surface area contributed by atoms with E-state index in [4.69, 9.17) is 10.3 Å². The highest BCUT2D eigenvalue weighted by Gasteiger charge is 2.32. The summed E-state index contributed by atoms with van der Waals surface area (Å²) in [6.45, 7) is 4.23. The van der Waals surface area contributed by atoms with Crippen LogP contribution in [0.3, 0.4) is 0 Å². The summed E-state index contributed by atoms with van der Waals surface area (Å²) in [6, 6.07) is 0. The zero-order valence-corrected chi connectivity index (χ0v) is 25.7. The Morgan fingerprint density at radius 3 is 1.34 bits per heavy atom. The summed E-state index contributed by atoms with van der Waals surface area (Å²) in [6.07, 6.45) is 24.7. The van der Waals surface area contributed by atoms with Crippen LogP contribution < -0.4 is 5.73 Å². The lowest BCUT2D eigenvalue weighted by Gasteiger charge is -2.18. The van der Waals surface area contributed by atoms with Gasteiger partial charge in [-0.15, -0.1) is 0 Å². The molecule has 2 atom stereocenters. The van der Waals surface area contributed by atoms with Crippen LogP contribution in [-0.2, 0) is 23.2 Å². The second-order valence-electron chi connectivity index (χ2n) is 10.8. The Bertz CT molecular complexity index is 616. The fourth-order valence-electron chi connectivity index (χ4n) is 4.65. The Labute approximate surface area is 234 Å². The van der Waals surface area contributed by atoms with Gasteiger partial charge in [0.25, 0.3) is 0 Å². The maximum absolute atomic E-state index is 12.4. The molecular weight excluding hydrogens is 501 g/mol. The van der Waals surface area contributed by atoms with E-state index in [1.165, 1.54) is 96.3 Å². The monoisotopic (exact) mass is 561 g/mol. The van der Waals surface area contributed by atoms with Crippen molar-refractivity contribution in [1.82, 2.24) is 0 Å². The molecule has 0 fully saturated rings. The lowest BCUT2D eigenvalue weighted by molar-refractivity contribution is -0.138. The van der Waals surface area contributed by atoms with Crippen molar-refractivity contribution in [3.8, 4) is 0 Å². The Balaban J connectivity index is 3.89. The smallest absolute Gasteiger partial charge is 0.371 e. The van der Waals surface area contributed by atoms with Crippen molar-refractivity contribution in [3.05, 3.63) is 0 Å². The van der Waals surface area contributed by atoms with Gasteiger partial charge in [0.2, 0.25) is 0 Å². The van der Waals surface area contributed by atoms with Crippen LogP contribution in [0.15, 0.2) is 0 Å². The predicted molar refractivity (Wildman–Crippen MR) is 157 cm³/mol. The summed E-state index contributed by atoms with van der Waals surface area (Å²) < 4.78 is 21.9. The first-order valence-electron chi connectivity index (χ1n) is 15.8. The van der Waals surface area contributed by atoms with E-state index in [1.807, 2.05) is 0 Å². The molecule has 226 valence electrons. The van der Waals surface area contributed by atoms with Crippen molar-refractivity contribution in [2.45, 2.75) is 174 Å². The molecular formula is C30H60NO6P. The van der Waals surface area contributed by atoms with Gasteiger partial charge in [-0.05, 0) is 12.8 Å². The van der Waals surface area contributed by atoms with E-state index in [9.17, 15) is 19.0 Å². The fraction of sp³-hybridized carbons (Fsp3) is 0.933. The van der Waals surface area contributed by atoms with Crippen LogP contribution in [0.25, 0.3) is 0 Å². The second-order valence-corrected chi connectivity index (χ2v) is 12.1. The van der Waals surface area contributed by atoms with Crippen molar-refractivity contribution >= 4 is 19.6 Å². The minimum absolute atomic E-state index is 0.0604. The molecule has 0 aliphatic heterocycles. The topological polar surface area (TPSA) is 116 Å². The molecule has 0 spiro atoms. The number of unbranched alkanes of at least 4 members (excludes halogenated alkanes) is 20. The quantitative estimate of drug-likeness (QED) is 0.0691. The summed E-state index contributed by atoms with van der Waals surface area (Å²) >= 11 is 0. The Morgan fingerprint density at radius 1 is 0.632 bits per heavy atom. The zero-order chi connectivity index (χ0) is 28.3.